The van der Waals surface area contributed by atoms with E-state index in [0.717, 1.165) is 6.42 Å². The van der Waals surface area contributed by atoms with Gasteiger partial charge in [0.2, 0.25) is 0 Å². The van der Waals surface area contributed by atoms with Crippen molar-refractivity contribution < 1.29 is 9.53 Å². The maximum Gasteiger partial charge on any atom is 0.308 e. The normalized spacial score (nSPS) is 31.5. The molecule has 0 saturated heterocycles. The minimum absolute atomic E-state index is 0.0165. The fraction of sp³-hybridized carbons (Fsp3) is 0.889. The van der Waals surface area contributed by atoms with Crippen molar-refractivity contribution in [3.05, 3.63) is 0 Å². The molecule has 2 unspecified atom stereocenters. The van der Waals surface area contributed by atoms with Gasteiger partial charge in [-0.05, 0) is 18.8 Å². The van der Waals surface area contributed by atoms with Crippen molar-refractivity contribution in [1.82, 2.24) is 0 Å². The number of ether oxygens (including phenoxy) is 1. The Bertz CT molecular complexity index is 142. The Morgan fingerprint density at radius 2 is 2.00 bits per heavy atom. The van der Waals surface area contributed by atoms with Gasteiger partial charge in [0.15, 0.2) is 0 Å². The van der Waals surface area contributed by atoms with Crippen LogP contribution in [0.3, 0.4) is 0 Å². The summed E-state index contributed by atoms with van der Waals surface area (Å²) in [6.07, 6.45) is 4.66. The Kier molecular flexibility index (Phi) is 2.92. The van der Waals surface area contributed by atoms with Crippen molar-refractivity contribution in [1.29, 1.82) is 0 Å². The summed E-state index contributed by atoms with van der Waals surface area (Å²) in [4.78, 5) is 11.2. The van der Waals surface area contributed by atoms with Gasteiger partial charge in [-0.1, -0.05) is 19.8 Å². The maximum atomic E-state index is 11.2. The maximum absolute atomic E-state index is 11.2. The molecule has 1 fully saturated rings. The van der Waals surface area contributed by atoms with Crippen LogP contribution in [0, 0.1) is 11.8 Å². The summed E-state index contributed by atoms with van der Waals surface area (Å²) in [5, 5.41) is 0. The molecule has 0 aromatic carbocycles. The average molecular weight is 156 g/mol. The largest absolute Gasteiger partial charge is 0.469 e. The molecule has 2 atom stereocenters. The van der Waals surface area contributed by atoms with Gasteiger partial charge in [0.1, 0.15) is 0 Å². The lowest BCUT2D eigenvalue weighted by Gasteiger charge is -2.25. The van der Waals surface area contributed by atoms with Gasteiger partial charge in [-0.25, -0.2) is 0 Å². The quantitative estimate of drug-likeness (QED) is 0.543. The highest BCUT2D eigenvalue weighted by atomic mass is 16.5. The van der Waals surface area contributed by atoms with Gasteiger partial charge < -0.3 is 4.74 Å². The summed E-state index contributed by atoms with van der Waals surface area (Å²) in [5.74, 6) is 0.683. The molecule has 0 heterocycles. The van der Waals surface area contributed by atoms with E-state index in [1.165, 1.54) is 26.4 Å². The van der Waals surface area contributed by atoms with Gasteiger partial charge in [0.05, 0.1) is 13.0 Å². The van der Waals surface area contributed by atoms with E-state index in [9.17, 15) is 4.79 Å². The van der Waals surface area contributed by atoms with E-state index in [1.54, 1.807) is 0 Å². The monoisotopic (exact) mass is 156 g/mol. The van der Waals surface area contributed by atoms with E-state index in [-0.39, 0.29) is 11.9 Å². The van der Waals surface area contributed by atoms with Crippen LogP contribution in [0.25, 0.3) is 0 Å². The van der Waals surface area contributed by atoms with Crippen molar-refractivity contribution in [3.63, 3.8) is 0 Å². The fourth-order valence-corrected chi connectivity index (χ4v) is 1.82. The zero-order chi connectivity index (χ0) is 8.27. The third kappa shape index (κ3) is 1.95. The average Bonchev–Trinajstić information content (AvgIpc) is 2.04. The first-order valence-electron chi connectivity index (χ1n) is 4.33. The third-order valence-corrected chi connectivity index (χ3v) is 2.62. The second-order valence-corrected chi connectivity index (χ2v) is 3.39. The number of rotatable bonds is 1. The van der Waals surface area contributed by atoms with Crippen molar-refractivity contribution in [2.75, 3.05) is 7.11 Å². The smallest absolute Gasteiger partial charge is 0.308 e. The molecule has 0 bridgehead atoms. The molecule has 0 aromatic heterocycles. The molecule has 11 heavy (non-hydrogen) atoms. The number of methoxy groups -OCH3 is 1. The SMILES string of the molecule is COC(=O)C1CCCCC1C. The van der Waals surface area contributed by atoms with Gasteiger partial charge >= 0.3 is 5.97 Å². The minimum Gasteiger partial charge on any atom is -0.469 e. The van der Waals surface area contributed by atoms with Gasteiger partial charge in [0, 0.05) is 0 Å². The van der Waals surface area contributed by atoms with E-state index in [2.05, 4.69) is 6.92 Å². The summed E-state index contributed by atoms with van der Waals surface area (Å²) >= 11 is 0. The minimum atomic E-state index is -0.0165. The number of carbonyl (C=O) groups is 1. The Morgan fingerprint density at radius 1 is 1.36 bits per heavy atom. The second-order valence-electron chi connectivity index (χ2n) is 3.39. The van der Waals surface area contributed by atoms with E-state index in [0.29, 0.717) is 5.92 Å². The summed E-state index contributed by atoms with van der Waals surface area (Å²) in [5.41, 5.74) is 0. The summed E-state index contributed by atoms with van der Waals surface area (Å²) in [6.45, 7) is 2.14. The standard InChI is InChI=1S/C9H16O2/c1-7-5-3-4-6-8(7)9(10)11-2/h7-8H,3-6H2,1-2H3. The van der Waals surface area contributed by atoms with Crippen molar-refractivity contribution in [2.24, 2.45) is 11.8 Å². The molecule has 1 aliphatic rings. The highest BCUT2D eigenvalue weighted by Crippen LogP contribution is 2.30. The van der Waals surface area contributed by atoms with Crippen LogP contribution in [0.2, 0.25) is 0 Å². The number of hydrogen-bond acceptors (Lipinski definition) is 2. The Hall–Kier alpha value is -0.530. The molecule has 0 aromatic rings. The molecule has 0 amide bonds. The van der Waals surface area contributed by atoms with Crippen LogP contribution in [-0.4, -0.2) is 13.1 Å². The number of esters is 1. The van der Waals surface area contributed by atoms with Crippen LogP contribution < -0.4 is 0 Å². The van der Waals surface area contributed by atoms with E-state index in [4.69, 9.17) is 4.74 Å². The molecular formula is C9H16O2. The Labute approximate surface area is 67.9 Å². The van der Waals surface area contributed by atoms with Gasteiger partial charge in [-0.2, -0.15) is 0 Å². The van der Waals surface area contributed by atoms with Gasteiger partial charge in [0.25, 0.3) is 0 Å². The fourth-order valence-electron chi connectivity index (χ4n) is 1.82. The lowest BCUT2D eigenvalue weighted by Crippen LogP contribution is -2.26. The molecule has 64 valence electrons. The summed E-state index contributed by atoms with van der Waals surface area (Å²) in [7, 11) is 1.48. The third-order valence-electron chi connectivity index (χ3n) is 2.62. The van der Waals surface area contributed by atoms with Crippen LogP contribution >= 0.6 is 0 Å². The highest BCUT2D eigenvalue weighted by Gasteiger charge is 2.27. The van der Waals surface area contributed by atoms with Crippen molar-refractivity contribution in [3.8, 4) is 0 Å². The van der Waals surface area contributed by atoms with Crippen LogP contribution in [0.1, 0.15) is 32.6 Å². The molecule has 2 nitrogen and oxygen atoms in total. The second kappa shape index (κ2) is 3.74. The number of hydrogen-bond donors (Lipinski definition) is 0. The van der Waals surface area contributed by atoms with E-state index in [1.807, 2.05) is 0 Å². The first-order valence-corrected chi connectivity index (χ1v) is 4.33. The van der Waals surface area contributed by atoms with Crippen LogP contribution in [-0.2, 0) is 9.53 Å². The van der Waals surface area contributed by atoms with Crippen molar-refractivity contribution in [2.45, 2.75) is 32.6 Å². The topological polar surface area (TPSA) is 26.3 Å². The van der Waals surface area contributed by atoms with Crippen LogP contribution in [0.15, 0.2) is 0 Å². The zero-order valence-electron chi connectivity index (χ0n) is 7.30. The lowest BCUT2D eigenvalue weighted by atomic mass is 9.80. The van der Waals surface area contributed by atoms with E-state index < -0.39 is 0 Å². The van der Waals surface area contributed by atoms with Crippen molar-refractivity contribution >= 4 is 5.97 Å². The molecule has 0 N–H and O–H groups in total. The molecule has 0 radical (unpaired) electrons. The summed E-state index contributed by atoms with van der Waals surface area (Å²) in [6, 6.07) is 0. The molecule has 1 aliphatic carbocycles. The summed E-state index contributed by atoms with van der Waals surface area (Å²) < 4.78 is 4.72. The predicted molar refractivity (Wildman–Crippen MR) is 43.1 cm³/mol. The van der Waals surface area contributed by atoms with Gasteiger partial charge in [-0.15, -0.1) is 0 Å². The Morgan fingerprint density at radius 3 is 2.55 bits per heavy atom. The lowest BCUT2D eigenvalue weighted by molar-refractivity contribution is -0.148. The number of carbonyl (C=O) groups excluding carboxylic acids is 1. The predicted octanol–water partition coefficient (Wildman–Crippen LogP) is 1.99. The highest BCUT2D eigenvalue weighted by molar-refractivity contribution is 5.72. The molecular weight excluding hydrogens is 140 g/mol. The van der Waals surface area contributed by atoms with E-state index >= 15 is 0 Å². The first kappa shape index (κ1) is 8.57. The van der Waals surface area contributed by atoms with Gasteiger partial charge in [-0.3, -0.25) is 4.79 Å². The van der Waals surface area contributed by atoms with Crippen LogP contribution in [0.5, 0.6) is 0 Å². The molecule has 0 spiro atoms. The zero-order valence-corrected chi connectivity index (χ0v) is 7.30. The molecule has 1 saturated carbocycles. The molecule has 2 heteroatoms. The first-order chi connectivity index (χ1) is 5.25. The molecule has 1 rings (SSSR count). The van der Waals surface area contributed by atoms with Crippen LogP contribution in [0.4, 0.5) is 0 Å². The molecule has 0 aliphatic heterocycles. The Balaban J connectivity index is 2.47.